The molecular weight excluding hydrogens is 280 g/mol. The number of rotatable bonds is 5. The summed E-state index contributed by atoms with van der Waals surface area (Å²) in [5, 5.41) is 0.812. The van der Waals surface area contributed by atoms with Gasteiger partial charge in [0.15, 0.2) is 0 Å². The van der Waals surface area contributed by atoms with Crippen molar-refractivity contribution in [3.63, 3.8) is 0 Å². The zero-order chi connectivity index (χ0) is 14.0. The highest BCUT2D eigenvalue weighted by Crippen LogP contribution is 2.17. The molecule has 0 heterocycles. The highest BCUT2D eigenvalue weighted by Gasteiger charge is 2.42. The van der Waals surface area contributed by atoms with E-state index in [1.54, 1.807) is 19.6 Å². The molecule has 1 atom stereocenters. The van der Waals surface area contributed by atoms with Crippen molar-refractivity contribution in [2.24, 2.45) is 0 Å². The lowest BCUT2D eigenvalue weighted by Gasteiger charge is -2.35. The molecule has 102 valence electrons. The molecular formula is C11H22O4Si3. The monoisotopic (exact) mass is 302 g/mol. The minimum absolute atomic E-state index is 0.812. The van der Waals surface area contributed by atoms with Crippen LogP contribution >= 0.6 is 0 Å². The van der Waals surface area contributed by atoms with Crippen molar-refractivity contribution in [1.29, 1.82) is 0 Å². The highest BCUT2D eigenvalue weighted by atomic mass is 28.5. The average molecular weight is 303 g/mol. The summed E-state index contributed by atoms with van der Waals surface area (Å²) in [7, 11) is -8.15. The Hall–Kier alpha value is -0.289. The molecule has 18 heavy (non-hydrogen) atoms. The predicted octanol–water partition coefficient (Wildman–Crippen LogP) is 1.39. The lowest BCUT2D eigenvalue weighted by Crippen LogP contribution is -2.58. The van der Waals surface area contributed by atoms with Crippen LogP contribution in [0.25, 0.3) is 0 Å². The summed E-state index contributed by atoms with van der Waals surface area (Å²) in [6.07, 6.45) is 0. The summed E-state index contributed by atoms with van der Waals surface area (Å²) >= 11 is 0. The van der Waals surface area contributed by atoms with E-state index in [9.17, 15) is 9.59 Å². The summed E-state index contributed by atoms with van der Waals surface area (Å²) in [5.41, 5.74) is 0. The molecule has 2 N–H and O–H groups in total. The lowest BCUT2D eigenvalue weighted by atomic mass is 10.4. The van der Waals surface area contributed by atoms with E-state index in [2.05, 4.69) is 0 Å². The third-order valence-corrected chi connectivity index (χ3v) is 11.2. The maximum atomic E-state index is 10.5. The largest absolute Gasteiger partial charge is 0.416 e. The van der Waals surface area contributed by atoms with Crippen molar-refractivity contribution in [2.75, 3.05) is 0 Å². The van der Waals surface area contributed by atoms with Crippen LogP contribution in [0.15, 0.2) is 30.3 Å². The fourth-order valence-electron chi connectivity index (χ4n) is 1.91. The Morgan fingerprint density at radius 2 is 1.33 bits per heavy atom. The van der Waals surface area contributed by atoms with Crippen LogP contribution in [0, 0.1) is 0 Å². The molecule has 0 radical (unpaired) electrons. The first-order chi connectivity index (χ1) is 8.02. The molecule has 0 aliphatic heterocycles. The Bertz CT molecular complexity index is 387. The van der Waals surface area contributed by atoms with Gasteiger partial charge < -0.3 is 17.8 Å². The van der Waals surface area contributed by atoms with Gasteiger partial charge in [-0.25, -0.2) is 0 Å². The van der Waals surface area contributed by atoms with Crippen LogP contribution in [0.1, 0.15) is 0 Å². The first-order valence-corrected chi connectivity index (χ1v) is 14.0. The van der Waals surface area contributed by atoms with E-state index in [4.69, 9.17) is 8.23 Å². The fourth-order valence-corrected chi connectivity index (χ4v) is 12.4. The van der Waals surface area contributed by atoms with Gasteiger partial charge in [0, 0.05) is 0 Å². The molecule has 0 saturated carbocycles. The van der Waals surface area contributed by atoms with Crippen molar-refractivity contribution >= 4 is 30.9 Å². The maximum Gasteiger partial charge on any atom is 0.357 e. The summed E-state index contributed by atoms with van der Waals surface area (Å²) < 4.78 is 11.5. The van der Waals surface area contributed by atoms with Gasteiger partial charge in [-0.05, 0) is 37.9 Å². The molecule has 0 bridgehead atoms. The van der Waals surface area contributed by atoms with E-state index in [0.717, 1.165) is 5.19 Å². The zero-order valence-corrected chi connectivity index (χ0v) is 14.6. The molecule has 7 heteroatoms. The van der Waals surface area contributed by atoms with E-state index in [1.165, 1.54) is 0 Å². The van der Waals surface area contributed by atoms with E-state index >= 15 is 0 Å². The maximum absolute atomic E-state index is 10.5. The third kappa shape index (κ3) is 5.14. The van der Waals surface area contributed by atoms with Crippen molar-refractivity contribution in [2.45, 2.75) is 32.7 Å². The SMILES string of the molecule is C[Si](C)(O)O[Si](C)(C)O[Si@](C)(O)c1ccccc1. The molecule has 0 fully saturated rings. The molecule has 0 spiro atoms. The van der Waals surface area contributed by atoms with E-state index in [0.29, 0.717) is 0 Å². The smallest absolute Gasteiger partial charge is 0.357 e. The van der Waals surface area contributed by atoms with Crippen LogP contribution in [0.5, 0.6) is 0 Å². The second-order valence-electron chi connectivity index (χ2n) is 5.40. The number of hydrogen-bond donors (Lipinski definition) is 2. The van der Waals surface area contributed by atoms with Crippen molar-refractivity contribution in [3.8, 4) is 0 Å². The lowest BCUT2D eigenvalue weighted by molar-refractivity contribution is 0.297. The summed E-state index contributed by atoms with van der Waals surface area (Å²) in [6.45, 7) is 8.82. The quantitative estimate of drug-likeness (QED) is 0.807. The van der Waals surface area contributed by atoms with Gasteiger partial charge in [0.1, 0.15) is 0 Å². The van der Waals surface area contributed by atoms with Crippen molar-refractivity contribution in [1.82, 2.24) is 0 Å². The Kier molecular flexibility index (Phi) is 4.71. The summed E-state index contributed by atoms with van der Waals surface area (Å²) in [5.74, 6) is 0. The minimum Gasteiger partial charge on any atom is -0.416 e. The number of benzene rings is 1. The second-order valence-corrected chi connectivity index (χ2v) is 15.3. The molecule has 0 aromatic heterocycles. The fraction of sp³-hybridized carbons (Fsp3) is 0.455. The van der Waals surface area contributed by atoms with Crippen molar-refractivity contribution in [3.05, 3.63) is 30.3 Å². The van der Waals surface area contributed by atoms with Crippen LogP contribution in [-0.4, -0.2) is 35.3 Å². The molecule has 1 aromatic carbocycles. The standard InChI is InChI=1S/C11H22O4Si3/c1-16(2,12)14-17(3,4)15-18(5,13)11-9-7-6-8-10-11/h6-10,12-13H,1-5H3/t18-/m0/s1. The molecule has 0 aliphatic carbocycles. The van der Waals surface area contributed by atoms with Crippen LogP contribution < -0.4 is 5.19 Å². The first kappa shape index (κ1) is 15.8. The van der Waals surface area contributed by atoms with Gasteiger partial charge in [0.25, 0.3) is 0 Å². The molecule has 0 amide bonds. The van der Waals surface area contributed by atoms with Gasteiger partial charge in [-0.3, -0.25) is 0 Å². The van der Waals surface area contributed by atoms with Gasteiger partial charge in [-0.15, -0.1) is 0 Å². The van der Waals surface area contributed by atoms with E-state index < -0.39 is 25.7 Å². The molecule has 4 nitrogen and oxygen atoms in total. The van der Waals surface area contributed by atoms with Gasteiger partial charge >= 0.3 is 25.7 Å². The van der Waals surface area contributed by atoms with Crippen molar-refractivity contribution < 1.29 is 17.8 Å². The minimum atomic E-state index is -2.97. The van der Waals surface area contributed by atoms with E-state index in [-0.39, 0.29) is 0 Å². The Labute approximate surface area is 112 Å². The summed E-state index contributed by atoms with van der Waals surface area (Å²) in [4.78, 5) is 20.3. The topological polar surface area (TPSA) is 58.9 Å². The molecule has 0 saturated heterocycles. The van der Waals surface area contributed by atoms with Gasteiger partial charge in [-0.1, -0.05) is 30.3 Å². The first-order valence-electron chi connectivity index (χ1n) is 5.92. The van der Waals surface area contributed by atoms with Crippen LogP contribution in [-0.2, 0) is 8.23 Å². The molecule has 1 aromatic rings. The van der Waals surface area contributed by atoms with Crippen LogP contribution in [0.2, 0.25) is 32.7 Å². The van der Waals surface area contributed by atoms with Gasteiger partial charge in [0.2, 0.25) is 0 Å². The third-order valence-electron chi connectivity index (χ3n) is 2.25. The molecule has 1 rings (SSSR count). The number of hydrogen-bond acceptors (Lipinski definition) is 4. The Morgan fingerprint density at radius 1 is 0.833 bits per heavy atom. The zero-order valence-electron chi connectivity index (χ0n) is 11.6. The summed E-state index contributed by atoms with van der Waals surface area (Å²) in [6, 6.07) is 9.37. The van der Waals surface area contributed by atoms with Gasteiger partial charge in [0.05, 0.1) is 0 Å². The normalized spacial score (nSPS) is 16.4. The van der Waals surface area contributed by atoms with Crippen LogP contribution in [0.4, 0.5) is 0 Å². The Morgan fingerprint density at radius 3 is 1.78 bits per heavy atom. The second kappa shape index (κ2) is 5.37. The highest BCUT2D eigenvalue weighted by molar-refractivity contribution is 6.89. The average Bonchev–Trinajstić information content (AvgIpc) is 2.13. The molecule has 0 unspecified atom stereocenters. The van der Waals surface area contributed by atoms with E-state index in [1.807, 2.05) is 43.4 Å². The molecule has 0 aliphatic rings. The Balaban J connectivity index is 2.83. The predicted molar refractivity (Wildman–Crippen MR) is 79.3 cm³/mol. The van der Waals surface area contributed by atoms with Gasteiger partial charge in [-0.2, -0.15) is 0 Å². The van der Waals surface area contributed by atoms with Crippen LogP contribution in [0.3, 0.4) is 0 Å².